The summed E-state index contributed by atoms with van der Waals surface area (Å²) in [6.07, 6.45) is 0.153. The highest BCUT2D eigenvalue weighted by atomic mass is 79.9. The molecule has 5 heteroatoms. The SMILES string of the molecule is CC(CC(N)=O)(NN)c1cccc(Br)c1. The van der Waals surface area contributed by atoms with Gasteiger partial charge in [0.1, 0.15) is 0 Å². The second kappa shape index (κ2) is 4.74. The molecule has 0 spiro atoms. The van der Waals surface area contributed by atoms with Gasteiger partial charge in [0.25, 0.3) is 0 Å². The van der Waals surface area contributed by atoms with Gasteiger partial charge in [0.15, 0.2) is 0 Å². The van der Waals surface area contributed by atoms with Crippen molar-refractivity contribution in [2.45, 2.75) is 18.9 Å². The molecule has 82 valence electrons. The van der Waals surface area contributed by atoms with E-state index in [-0.39, 0.29) is 6.42 Å². The van der Waals surface area contributed by atoms with Crippen LogP contribution < -0.4 is 17.0 Å². The van der Waals surface area contributed by atoms with Crippen LogP contribution in [0.4, 0.5) is 0 Å². The Balaban J connectivity index is 3.05. The van der Waals surface area contributed by atoms with Gasteiger partial charge in [-0.15, -0.1) is 0 Å². The fraction of sp³-hybridized carbons (Fsp3) is 0.300. The standard InChI is InChI=1S/C10H14BrN3O/c1-10(14-13,6-9(12)15)7-3-2-4-8(11)5-7/h2-5,14H,6,13H2,1H3,(H2,12,15). The Labute approximate surface area is 97.1 Å². The van der Waals surface area contributed by atoms with Crippen LogP contribution in [0.5, 0.6) is 0 Å². The van der Waals surface area contributed by atoms with Crippen molar-refractivity contribution in [3.63, 3.8) is 0 Å². The molecule has 1 aromatic rings. The van der Waals surface area contributed by atoms with Gasteiger partial charge in [0, 0.05) is 10.9 Å². The Morgan fingerprint density at radius 3 is 2.73 bits per heavy atom. The molecule has 1 atom stereocenters. The number of rotatable bonds is 4. The van der Waals surface area contributed by atoms with E-state index in [0.29, 0.717) is 0 Å². The molecule has 0 bridgehead atoms. The predicted octanol–water partition coefficient (Wildman–Crippen LogP) is 1.00. The summed E-state index contributed by atoms with van der Waals surface area (Å²) in [6.45, 7) is 1.83. The molecule has 15 heavy (non-hydrogen) atoms. The summed E-state index contributed by atoms with van der Waals surface area (Å²) in [5.41, 5.74) is 8.10. The van der Waals surface area contributed by atoms with Crippen molar-refractivity contribution < 1.29 is 4.79 Å². The second-order valence-corrected chi connectivity index (χ2v) is 4.55. The van der Waals surface area contributed by atoms with Crippen LogP contribution in [0.2, 0.25) is 0 Å². The van der Waals surface area contributed by atoms with Crippen LogP contribution in [0.1, 0.15) is 18.9 Å². The molecule has 1 rings (SSSR count). The number of carbonyl (C=O) groups is 1. The Kier molecular flexibility index (Phi) is 3.84. The van der Waals surface area contributed by atoms with Gasteiger partial charge in [0.05, 0.1) is 5.54 Å². The fourth-order valence-electron chi connectivity index (χ4n) is 1.42. The Morgan fingerprint density at radius 2 is 2.27 bits per heavy atom. The van der Waals surface area contributed by atoms with Gasteiger partial charge in [-0.05, 0) is 24.6 Å². The average molecular weight is 272 g/mol. The van der Waals surface area contributed by atoms with E-state index in [0.717, 1.165) is 10.0 Å². The topological polar surface area (TPSA) is 81.1 Å². The van der Waals surface area contributed by atoms with E-state index in [1.807, 2.05) is 31.2 Å². The summed E-state index contributed by atoms with van der Waals surface area (Å²) < 4.78 is 0.936. The van der Waals surface area contributed by atoms with Crippen LogP contribution in [0.25, 0.3) is 0 Å². The quantitative estimate of drug-likeness (QED) is 0.565. The first-order valence-electron chi connectivity index (χ1n) is 4.50. The highest BCUT2D eigenvalue weighted by Crippen LogP contribution is 2.25. The number of hydrazine groups is 1. The van der Waals surface area contributed by atoms with E-state index in [2.05, 4.69) is 21.4 Å². The van der Waals surface area contributed by atoms with E-state index in [9.17, 15) is 4.79 Å². The molecule has 0 aliphatic heterocycles. The summed E-state index contributed by atoms with van der Waals surface area (Å²) in [6, 6.07) is 7.59. The van der Waals surface area contributed by atoms with E-state index in [1.165, 1.54) is 0 Å². The number of benzene rings is 1. The molecular formula is C10H14BrN3O. The Bertz CT molecular complexity index is 369. The van der Waals surface area contributed by atoms with Crippen molar-refractivity contribution in [3.8, 4) is 0 Å². The van der Waals surface area contributed by atoms with Gasteiger partial charge in [-0.2, -0.15) is 0 Å². The summed E-state index contributed by atoms with van der Waals surface area (Å²) in [4.78, 5) is 10.9. The number of nitrogens with two attached hydrogens (primary N) is 2. The van der Waals surface area contributed by atoms with Crippen molar-refractivity contribution >= 4 is 21.8 Å². The molecule has 0 saturated heterocycles. The van der Waals surface area contributed by atoms with E-state index in [1.54, 1.807) is 0 Å². The minimum Gasteiger partial charge on any atom is -0.370 e. The summed E-state index contributed by atoms with van der Waals surface area (Å²) in [7, 11) is 0. The highest BCUT2D eigenvalue weighted by molar-refractivity contribution is 9.10. The zero-order valence-electron chi connectivity index (χ0n) is 8.46. The normalized spacial score (nSPS) is 14.6. The maximum absolute atomic E-state index is 10.9. The lowest BCUT2D eigenvalue weighted by atomic mass is 9.89. The third kappa shape index (κ3) is 3.02. The van der Waals surface area contributed by atoms with E-state index in [4.69, 9.17) is 11.6 Å². The van der Waals surface area contributed by atoms with Gasteiger partial charge >= 0.3 is 0 Å². The van der Waals surface area contributed by atoms with Crippen LogP contribution in [0.3, 0.4) is 0 Å². The molecule has 0 aromatic heterocycles. The smallest absolute Gasteiger partial charge is 0.219 e. The summed E-state index contributed by atoms with van der Waals surface area (Å²) in [5.74, 6) is 5.07. The average Bonchev–Trinajstić information content (AvgIpc) is 2.16. The van der Waals surface area contributed by atoms with Crippen LogP contribution in [-0.2, 0) is 10.3 Å². The maximum Gasteiger partial charge on any atom is 0.219 e. The molecule has 1 unspecified atom stereocenters. The van der Waals surface area contributed by atoms with Crippen LogP contribution in [0.15, 0.2) is 28.7 Å². The van der Waals surface area contributed by atoms with Crippen molar-refractivity contribution in [2.75, 3.05) is 0 Å². The predicted molar refractivity (Wildman–Crippen MR) is 62.6 cm³/mol. The summed E-state index contributed by atoms with van der Waals surface area (Å²) >= 11 is 3.37. The molecule has 0 heterocycles. The molecule has 0 fully saturated rings. The van der Waals surface area contributed by atoms with Crippen molar-refractivity contribution in [1.29, 1.82) is 0 Å². The molecule has 4 nitrogen and oxygen atoms in total. The van der Waals surface area contributed by atoms with Gasteiger partial charge in [-0.1, -0.05) is 28.1 Å². The minimum atomic E-state index is -0.629. The van der Waals surface area contributed by atoms with Crippen molar-refractivity contribution in [1.82, 2.24) is 5.43 Å². The van der Waals surface area contributed by atoms with Crippen molar-refractivity contribution in [3.05, 3.63) is 34.3 Å². The van der Waals surface area contributed by atoms with Crippen molar-refractivity contribution in [2.24, 2.45) is 11.6 Å². The van der Waals surface area contributed by atoms with E-state index >= 15 is 0 Å². The molecule has 5 N–H and O–H groups in total. The third-order valence-electron chi connectivity index (χ3n) is 2.31. The number of amides is 1. The zero-order chi connectivity index (χ0) is 11.5. The fourth-order valence-corrected chi connectivity index (χ4v) is 1.82. The lowest BCUT2D eigenvalue weighted by Gasteiger charge is -2.28. The number of primary amides is 1. The van der Waals surface area contributed by atoms with Gasteiger partial charge in [-0.3, -0.25) is 10.6 Å². The molecule has 1 amide bonds. The lowest BCUT2D eigenvalue weighted by molar-refractivity contribution is -0.119. The summed E-state index contributed by atoms with van der Waals surface area (Å²) in [5, 5.41) is 0. The highest BCUT2D eigenvalue weighted by Gasteiger charge is 2.27. The number of halogens is 1. The number of hydrogen-bond donors (Lipinski definition) is 3. The van der Waals surface area contributed by atoms with Crippen LogP contribution >= 0.6 is 15.9 Å². The van der Waals surface area contributed by atoms with Gasteiger partial charge < -0.3 is 5.73 Å². The Morgan fingerprint density at radius 1 is 1.60 bits per heavy atom. The molecule has 1 aromatic carbocycles. The maximum atomic E-state index is 10.9. The first-order valence-corrected chi connectivity index (χ1v) is 5.29. The largest absolute Gasteiger partial charge is 0.370 e. The zero-order valence-corrected chi connectivity index (χ0v) is 10.0. The van der Waals surface area contributed by atoms with Crippen LogP contribution in [0, 0.1) is 0 Å². The van der Waals surface area contributed by atoms with Crippen LogP contribution in [-0.4, -0.2) is 5.91 Å². The molecule has 0 saturated carbocycles. The van der Waals surface area contributed by atoms with Gasteiger partial charge in [0.2, 0.25) is 5.91 Å². The number of hydrogen-bond acceptors (Lipinski definition) is 3. The Hall–Kier alpha value is -0.910. The first kappa shape index (κ1) is 12.2. The molecular weight excluding hydrogens is 258 g/mol. The lowest BCUT2D eigenvalue weighted by Crippen LogP contribution is -2.46. The number of carbonyl (C=O) groups excluding carboxylic acids is 1. The first-order chi connectivity index (χ1) is 6.98. The van der Waals surface area contributed by atoms with Gasteiger partial charge in [-0.25, -0.2) is 5.43 Å². The second-order valence-electron chi connectivity index (χ2n) is 3.63. The molecule has 0 aliphatic carbocycles. The van der Waals surface area contributed by atoms with E-state index < -0.39 is 11.4 Å². The number of nitrogens with one attached hydrogen (secondary N) is 1. The monoisotopic (exact) mass is 271 g/mol. The molecule has 0 aliphatic rings. The minimum absolute atomic E-state index is 0.153. The third-order valence-corrected chi connectivity index (χ3v) is 2.80. The molecule has 0 radical (unpaired) electrons.